The van der Waals surface area contributed by atoms with E-state index in [4.69, 9.17) is 5.11 Å². The van der Waals surface area contributed by atoms with Gasteiger partial charge >= 0.3 is 5.97 Å². The molecule has 1 aromatic rings. The molecule has 1 aliphatic heterocycles. The zero-order valence-corrected chi connectivity index (χ0v) is 9.76. The van der Waals surface area contributed by atoms with Gasteiger partial charge in [-0.3, -0.25) is 0 Å². The first kappa shape index (κ1) is 11.8. The Labute approximate surface area is 99.7 Å². The van der Waals surface area contributed by atoms with Gasteiger partial charge in [-0.05, 0) is 26.4 Å². The van der Waals surface area contributed by atoms with Gasteiger partial charge in [0.2, 0.25) is 0 Å². The standard InChI is InChI=1S/C11H16N4O2/c1-15-6-2-3-8(7-15)14-10-9(11(16)17)12-4-5-13-10/h4-5,8H,2-3,6-7H2,1H3,(H,13,14)(H,16,17). The number of anilines is 1. The maximum absolute atomic E-state index is 11.0. The summed E-state index contributed by atoms with van der Waals surface area (Å²) in [6.07, 6.45) is 5.03. The minimum Gasteiger partial charge on any atom is -0.476 e. The van der Waals surface area contributed by atoms with E-state index in [2.05, 4.69) is 27.2 Å². The number of likely N-dealkylation sites (N-methyl/N-ethyl adjacent to an activating group) is 1. The summed E-state index contributed by atoms with van der Waals surface area (Å²) in [5, 5.41) is 12.2. The van der Waals surface area contributed by atoms with Gasteiger partial charge in [0.1, 0.15) is 0 Å². The van der Waals surface area contributed by atoms with Gasteiger partial charge in [-0.15, -0.1) is 0 Å². The maximum atomic E-state index is 11.0. The van der Waals surface area contributed by atoms with Crippen LogP contribution < -0.4 is 5.32 Å². The van der Waals surface area contributed by atoms with Crippen LogP contribution in [-0.4, -0.2) is 52.1 Å². The van der Waals surface area contributed by atoms with Crippen molar-refractivity contribution < 1.29 is 9.90 Å². The monoisotopic (exact) mass is 236 g/mol. The van der Waals surface area contributed by atoms with Crippen LogP contribution in [-0.2, 0) is 0 Å². The highest BCUT2D eigenvalue weighted by Gasteiger charge is 2.20. The Morgan fingerprint density at radius 3 is 3.00 bits per heavy atom. The molecule has 2 rings (SSSR count). The van der Waals surface area contributed by atoms with E-state index in [1.54, 1.807) is 0 Å². The van der Waals surface area contributed by atoms with Crippen LogP contribution >= 0.6 is 0 Å². The van der Waals surface area contributed by atoms with Crippen molar-refractivity contribution in [2.45, 2.75) is 18.9 Å². The van der Waals surface area contributed by atoms with Crippen LogP contribution in [0.2, 0.25) is 0 Å². The van der Waals surface area contributed by atoms with Crippen molar-refractivity contribution in [1.82, 2.24) is 14.9 Å². The first-order valence-electron chi connectivity index (χ1n) is 5.66. The molecular weight excluding hydrogens is 220 g/mol. The van der Waals surface area contributed by atoms with Gasteiger partial charge < -0.3 is 15.3 Å². The van der Waals surface area contributed by atoms with Gasteiger partial charge in [-0.1, -0.05) is 0 Å². The van der Waals surface area contributed by atoms with Gasteiger partial charge in [-0.2, -0.15) is 0 Å². The summed E-state index contributed by atoms with van der Waals surface area (Å²) in [5.74, 6) is -0.690. The Balaban J connectivity index is 2.10. The lowest BCUT2D eigenvalue weighted by molar-refractivity contribution is 0.0691. The summed E-state index contributed by atoms with van der Waals surface area (Å²) in [4.78, 5) is 21.1. The van der Waals surface area contributed by atoms with Crippen LogP contribution in [0.4, 0.5) is 5.82 Å². The zero-order valence-electron chi connectivity index (χ0n) is 9.76. The predicted octanol–water partition coefficient (Wildman–Crippen LogP) is 0.681. The summed E-state index contributed by atoms with van der Waals surface area (Å²) < 4.78 is 0. The van der Waals surface area contributed by atoms with E-state index in [9.17, 15) is 4.79 Å². The fourth-order valence-electron chi connectivity index (χ4n) is 2.08. The first-order chi connectivity index (χ1) is 8.16. The Kier molecular flexibility index (Phi) is 3.53. The van der Waals surface area contributed by atoms with Gasteiger partial charge in [0.25, 0.3) is 0 Å². The predicted molar refractivity (Wildman–Crippen MR) is 63.1 cm³/mol. The SMILES string of the molecule is CN1CCCC(Nc2nccnc2C(=O)O)C1. The molecule has 92 valence electrons. The molecular formula is C11H16N4O2. The van der Waals surface area contributed by atoms with Gasteiger partial charge in [0, 0.05) is 25.0 Å². The third kappa shape index (κ3) is 2.91. The number of carboxylic acids is 1. The van der Waals surface area contributed by atoms with E-state index >= 15 is 0 Å². The largest absolute Gasteiger partial charge is 0.476 e. The fraction of sp³-hybridized carbons (Fsp3) is 0.545. The molecule has 0 aliphatic carbocycles. The summed E-state index contributed by atoms with van der Waals surface area (Å²) in [5.41, 5.74) is -0.0132. The molecule has 2 N–H and O–H groups in total. The summed E-state index contributed by atoms with van der Waals surface area (Å²) in [6.45, 7) is 1.99. The molecule has 2 heterocycles. The average molecular weight is 236 g/mol. The number of carbonyl (C=O) groups is 1. The van der Waals surface area contributed by atoms with Crippen LogP contribution in [0.5, 0.6) is 0 Å². The molecule has 0 aromatic carbocycles. The van der Waals surface area contributed by atoms with Crippen molar-refractivity contribution in [1.29, 1.82) is 0 Å². The fourth-order valence-corrected chi connectivity index (χ4v) is 2.08. The maximum Gasteiger partial charge on any atom is 0.358 e. The van der Waals surface area contributed by atoms with Crippen LogP contribution in [0.25, 0.3) is 0 Å². The summed E-state index contributed by atoms with van der Waals surface area (Å²) >= 11 is 0. The Morgan fingerprint density at radius 2 is 2.29 bits per heavy atom. The highest BCUT2D eigenvalue weighted by molar-refractivity contribution is 5.90. The highest BCUT2D eigenvalue weighted by atomic mass is 16.4. The van der Waals surface area contributed by atoms with E-state index in [-0.39, 0.29) is 11.7 Å². The van der Waals surface area contributed by atoms with E-state index in [0.29, 0.717) is 5.82 Å². The second kappa shape index (κ2) is 5.09. The third-order valence-corrected chi connectivity index (χ3v) is 2.87. The van der Waals surface area contributed by atoms with E-state index in [1.807, 2.05) is 0 Å². The number of aromatic carboxylic acids is 1. The Morgan fingerprint density at radius 1 is 1.53 bits per heavy atom. The summed E-state index contributed by atoms with van der Waals surface area (Å²) in [6, 6.07) is 0.239. The Bertz CT molecular complexity index is 410. The second-order valence-corrected chi connectivity index (χ2v) is 4.30. The van der Waals surface area contributed by atoms with Crippen molar-refractivity contribution >= 4 is 11.8 Å². The van der Waals surface area contributed by atoms with E-state index in [0.717, 1.165) is 25.9 Å². The molecule has 0 amide bonds. The minimum atomic E-state index is -1.05. The van der Waals surface area contributed by atoms with Crippen LogP contribution in [0.1, 0.15) is 23.3 Å². The quantitative estimate of drug-likeness (QED) is 0.803. The van der Waals surface area contributed by atoms with Crippen LogP contribution in [0, 0.1) is 0 Å². The van der Waals surface area contributed by atoms with Crippen molar-refractivity contribution in [2.75, 3.05) is 25.5 Å². The van der Waals surface area contributed by atoms with E-state index in [1.165, 1.54) is 12.4 Å². The second-order valence-electron chi connectivity index (χ2n) is 4.30. The van der Waals surface area contributed by atoms with Crippen LogP contribution in [0.15, 0.2) is 12.4 Å². The molecule has 1 fully saturated rings. The lowest BCUT2D eigenvalue weighted by Crippen LogP contribution is -2.40. The number of rotatable bonds is 3. The molecule has 1 unspecified atom stereocenters. The molecule has 1 atom stereocenters. The topological polar surface area (TPSA) is 78.3 Å². The number of aromatic nitrogens is 2. The molecule has 1 saturated heterocycles. The molecule has 0 radical (unpaired) electrons. The number of hydrogen-bond acceptors (Lipinski definition) is 5. The number of nitrogens with zero attached hydrogens (tertiary/aromatic N) is 3. The third-order valence-electron chi connectivity index (χ3n) is 2.87. The van der Waals surface area contributed by atoms with Gasteiger partial charge in [-0.25, -0.2) is 14.8 Å². The van der Waals surface area contributed by atoms with Crippen molar-refractivity contribution in [3.8, 4) is 0 Å². The van der Waals surface area contributed by atoms with Crippen molar-refractivity contribution in [2.24, 2.45) is 0 Å². The average Bonchev–Trinajstić information content (AvgIpc) is 2.29. The number of hydrogen-bond donors (Lipinski definition) is 2. The van der Waals surface area contributed by atoms with Crippen molar-refractivity contribution in [3.05, 3.63) is 18.1 Å². The zero-order chi connectivity index (χ0) is 12.3. The molecule has 1 aliphatic rings. The van der Waals surface area contributed by atoms with Gasteiger partial charge in [0.15, 0.2) is 11.5 Å². The normalized spacial score (nSPS) is 21.1. The van der Waals surface area contributed by atoms with Gasteiger partial charge in [0.05, 0.1) is 0 Å². The lowest BCUT2D eigenvalue weighted by Gasteiger charge is -2.30. The molecule has 6 nitrogen and oxygen atoms in total. The first-order valence-corrected chi connectivity index (χ1v) is 5.66. The molecule has 0 saturated carbocycles. The molecule has 6 heteroatoms. The molecule has 17 heavy (non-hydrogen) atoms. The number of likely N-dealkylation sites (tertiary alicyclic amines) is 1. The smallest absolute Gasteiger partial charge is 0.358 e. The van der Waals surface area contributed by atoms with Crippen molar-refractivity contribution in [3.63, 3.8) is 0 Å². The number of carboxylic acid groups (broad SMARTS) is 1. The lowest BCUT2D eigenvalue weighted by atomic mass is 10.1. The van der Waals surface area contributed by atoms with Crippen LogP contribution in [0.3, 0.4) is 0 Å². The number of nitrogens with one attached hydrogen (secondary N) is 1. The Hall–Kier alpha value is -1.69. The highest BCUT2D eigenvalue weighted by Crippen LogP contribution is 2.15. The molecule has 1 aromatic heterocycles. The molecule has 0 bridgehead atoms. The minimum absolute atomic E-state index is 0.0132. The van der Waals surface area contributed by atoms with E-state index < -0.39 is 5.97 Å². The number of piperidine rings is 1. The summed E-state index contributed by atoms with van der Waals surface area (Å²) in [7, 11) is 2.06. The molecule has 0 spiro atoms.